The highest BCUT2D eigenvalue weighted by atomic mass is 16.5. The number of benzene rings is 1. The van der Waals surface area contributed by atoms with E-state index in [0.717, 1.165) is 6.54 Å². The Balaban J connectivity index is 1.89. The van der Waals surface area contributed by atoms with Crippen LogP contribution in [-0.4, -0.2) is 30.4 Å². The summed E-state index contributed by atoms with van der Waals surface area (Å²) in [6.07, 6.45) is 1.27. The largest absolute Gasteiger partial charge is 0.469 e. The van der Waals surface area contributed by atoms with E-state index >= 15 is 0 Å². The molecule has 0 aromatic heterocycles. The zero-order valence-electron chi connectivity index (χ0n) is 12.0. The van der Waals surface area contributed by atoms with Crippen LogP contribution >= 0.6 is 0 Å². The van der Waals surface area contributed by atoms with Gasteiger partial charge in [-0.25, -0.2) is 0 Å². The molecule has 1 heterocycles. The maximum atomic E-state index is 12.2. The van der Waals surface area contributed by atoms with Gasteiger partial charge in [-0.05, 0) is 17.9 Å². The lowest BCUT2D eigenvalue weighted by Crippen LogP contribution is -2.51. The molecular weight excluding hydrogens is 254 g/mol. The van der Waals surface area contributed by atoms with Crippen molar-refractivity contribution < 1.29 is 14.3 Å². The first-order valence-corrected chi connectivity index (χ1v) is 7.04. The van der Waals surface area contributed by atoms with Gasteiger partial charge in [-0.2, -0.15) is 0 Å². The minimum absolute atomic E-state index is 0.126. The molecule has 1 saturated heterocycles. The van der Waals surface area contributed by atoms with Crippen molar-refractivity contribution in [3.05, 3.63) is 35.9 Å². The van der Waals surface area contributed by atoms with E-state index in [1.165, 1.54) is 12.7 Å². The van der Waals surface area contributed by atoms with Crippen molar-refractivity contribution in [2.75, 3.05) is 13.7 Å². The first kappa shape index (κ1) is 14.6. The van der Waals surface area contributed by atoms with Gasteiger partial charge in [0.25, 0.3) is 0 Å². The van der Waals surface area contributed by atoms with E-state index in [1.54, 1.807) is 0 Å². The van der Waals surface area contributed by atoms with Crippen LogP contribution in [0.1, 0.15) is 37.8 Å². The normalized spacial score (nSPS) is 21.2. The Bertz CT molecular complexity index is 472. The van der Waals surface area contributed by atoms with E-state index in [9.17, 15) is 9.59 Å². The molecule has 1 aliphatic rings. The van der Waals surface area contributed by atoms with Gasteiger partial charge in [0, 0.05) is 19.4 Å². The van der Waals surface area contributed by atoms with Gasteiger partial charge in [-0.15, -0.1) is 0 Å². The predicted octanol–water partition coefficient (Wildman–Crippen LogP) is 2.55. The van der Waals surface area contributed by atoms with E-state index in [2.05, 4.69) is 23.8 Å². The summed E-state index contributed by atoms with van der Waals surface area (Å²) >= 11 is 0. The number of carbonyl (C=O) groups is 2. The third-order valence-corrected chi connectivity index (χ3v) is 3.82. The Kier molecular flexibility index (Phi) is 4.77. The van der Waals surface area contributed by atoms with Crippen LogP contribution < -0.4 is 0 Å². The summed E-state index contributed by atoms with van der Waals surface area (Å²) in [6.45, 7) is 2.96. The number of hydrogen-bond acceptors (Lipinski definition) is 3. The number of ether oxygens (including phenoxy) is 1. The molecule has 0 radical (unpaired) electrons. The highest BCUT2D eigenvalue weighted by Gasteiger charge is 2.39. The molecule has 108 valence electrons. The molecule has 0 aliphatic carbocycles. The van der Waals surface area contributed by atoms with Crippen molar-refractivity contribution in [1.82, 2.24) is 4.90 Å². The SMILES string of the molecule is COC(=O)CCCC(=O)N1C[C@@H](C)[C@@H]1c1ccccc1. The molecule has 2 atom stereocenters. The molecule has 0 spiro atoms. The lowest BCUT2D eigenvalue weighted by molar-refractivity contribution is -0.144. The van der Waals surface area contributed by atoms with Crippen molar-refractivity contribution in [3.63, 3.8) is 0 Å². The molecule has 20 heavy (non-hydrogen) atoms. The first-order valence-electron chi connectivity index (χ1n) is 7.04. The Labute approximate surface area is 119 Å². The van der Waals surface area contributed by atoms with Crippen LogP contribution in [0.25, 0.3) is 0 Å². The quantitative estimate of drug-likeness (QED) is 0.776. The molecule has 0 saturated carbocycles. The van der Waals surface area contributed by atoms with Crippen molar-refractivity contribution in [2.45, 2.75) is 32.2 Å². The van der Waals surface area contributed by atoms with E-state index in [-0.39, 0.29) is 17.9 Å². The molecule has 0 N–H and O–H groups in total. The van der Waals surface area contributed by atoms with Gasteiger partial charge in [0.2, 0.25) is 5.91 Å². The maximum absolute atomic E-state index is 12.2. The standard InChI is InChI=1S/C16H21NO3/c1-12-11-17(14(18)9-6-10-15(19)20-2)16(12)13-7-4-3-5-8-13/h3-5,7-8,12,16H,6,9-11H2,1-2H3/t12-,16-/m1/s1. The van der Waals surface area contributed by atoms with Crippen LogP contribution in [0.15, 0.2) is 30.3 Å². The van der Waals surface area contributed by atoms with Gasteiger partial charge < -0.3 is 9.64 Å². The molecule has 1 aromatic carbocycles. The van der Waals surface area contributed by atoms with Gasteiger partial charge in [-0.3, -0.25) is 9.59 Å². The fraction of sp³-hybridized carbons (Fsp3) is 0.500. The number of methoxy groups -OCH3 is 1. The molecule has 4 heteroatoms. The summed E-state index contributed by atoms with van der Waals surface area (Å²) in [4.78, 5) is 25.1. The monoisotopic (exact) mass is 275 g/mol. The topological polar surface area (TPSA) is 46.6 Å². The van der Waals surface area contributed by atoms with Gasteiger partial charge in [0.15, 0.2) is 0 Å². The van der Waals surface area contributed by atoms with Crippen molar-refractivity contribution in [3.8, 4) is 0 Å². The molecule has 4 nitrogen and oxygen atoms in total. The minimum atomic E-state index is -0.255. The van der Waals surface area contributed by atoms with Crippen LogP contribution in [0.2, 0.25) is 0 Å². The second kappa shape index (κ2) is 6.55. The molecule has 1 aliphatic heterocycles. The van der Waals surface area contributed by atoms with Crippen LogP contribution in [0, 0.1) is 5.92 Å². The predicted molar refractivity (Wildman–Crippen MR) is 75.9 cm³/mol. The van der Waals surface area contributed by atoms with Crippen LogP contribution in [-0.2, 0) is 14.3 Å². The lowest BCUT2D eigenvalue weighted by atomic mass is 9.84. The number of likely N-dealkylation sites (tertiary alicyclic amines) is 1. The minimum Gasteiger partial charge on any atom is -0.469 e. The number of carbonyl (C=O) groups excluding carboxylic acids is 2. The summed E-state index contributed by atoms with van der Waals surface area (Å²) in [5.41, 5.74) is 1.19. The summed E-state index contributed by atoms with van der Waals surface area (Å²) in [6, 6.07) is 10.3. The Morgan fingerprint density at radius 1 is 1.25 bits per heavy atom. The van der Waals surface area contributed by atoms with Gasteiger partial charge in [-0.1, -0.05) is 37.3 Å². The highest BCUT2D eigenvalue weighted by molar-refractivity contribution is 5.78. The Morgan fingerprint density at radius 2 is 1.95 bits per heavy atom. The number of nitrogens with zero attached hydrogens (tertiary/aromatic N) is 1. The van der Waals surface area contributed by atoms with Crippen molar-refractivity contribution >= 4 is 11.9 Å². The second-order valence-electron chi connectivity index (χ2n) is 5.31. The van der Waals surface area contributed by atoms with E-state index in [1.807, 2.05) is 23.1 Å². The molecule has 1 fully saturated rings. The van der Waals surface area contributed by atoms with Gasteiger partial charge >= 0.3 is 5.97 Å². The average Bonchev–Trinajstić information content (AvgIpc) is 2.45. The third-order valence-electron chi connectivity index (χ3n) is 3.82. The molecular formula is C16H21NO3. The second-order valence-corrected chi connectivity index (χ2v) is 5.31. The number of amides is 1. The first-order chi connectivity index (χ1) is 9.63. The Morgan fingerprint density at radius 3 is 2.55 bits per heavy atom. The summed E-state index contributed by atoms with van der Waals surface area (Å²) < 4.78 is 4.58. The van der Waals surface area contributed by atoms with Gasteiger partial charge in [0.05, 0.1) is 13.2 Å². The number of esters is 1. The van der Waals surface area contributed by atoms with Gasteiger partial charge in [0.1, 0.15) is 0 Å². The smallest absolute Gasteiger partial charge is 0.305 e. The summed E-state index contributed by atoms with van der Waals surface area (Å²) in [7, 11) is 1.37. The van der Waals surface area contributed by atoms with E-state index < -0.39 is 0 Å². The van der Waals surface area contributed by atoms with E-state index in [4.69, 9.17) is 0 Å². The van der Waals surface area contributed by atoms with E-state index in [0.29, 0.717) is 25.2 Å². The highest BCUT2D eigenvalue weighted by Crippen LogP contribution is 2.38. The van der Waals surface area contributed by atoms with Crippen molar-refractivity contribution in [2.24, 2.45) is 5.92 Å². The van der Waals surface area contributed by atoms with Crippen molar-refractivity contribution in [1.29, 1.82) is 0 Å². The number of rotatable bonds is 5. The fourth-order valence-electron chi connectivity index (χ4n) is 2.74. The molecule has 0 bridgehead atoms. The van der Waals surface area contributed by atoms with Crippen LogP contribution in [0.4, 0.5) is 0 Å². The average molecular weight is 275 g/mol. The molecule has 0 unspecified atom stereocenters. The lowest BCUT2D eigenvalue weighted by Gasteiger charge is -2.47. The maximum Gasteiger partial charge on any atom is 0.305 e. The molecule has 1 aromatic rings. The number of hydrogen-bond donors (Lipinski definition) is 0. The zero-order valence-corrected chi connectivity index (χ0v) is 12.0. The Hall–Kier alpha value is -1.84. The fourth-order valence-corrected chi connectivity index (χ4v) is 2.74. The molecule has 1 amide bonds. The molecule has 2 rings (SSSR count). The third kappa shape index (κ3) is 3.18. The summed E-state index contributed by atoms with van der Waals surface area (Å²) in [5, 5.41) is 0. The summed E-state index contributed by atoms with van der Waals surface area (Å²) in [5.74, 6) is 0.359. The zero-order chi connectivity index (χ0) is 14.5. The van der Waals surface area contributed by atoms with Crippen LogP contribution in [0.3, 0.4) is 0 Å². The van der Waals surface area contributed by atoms with Crippen LogP contribution in [0.5, 0.6) is 0 Å².